The van der Waals surface area contributed by atoms with E-state index in [2.05, 4.69) is 0 Å². The van der Waals surface area contributed by atoms with Gasteiger partial charge in [0.1, 0.15) is 0 Å². The third-order valence-electron chi connectivity index (χ3n) is 3.10. The largest absolute Gasteiger partial charge is 0.462 e. The summed E-state index contributed by atoms with van der Waals surface area (Å²) in [6.07, 6.45) is 2.68. The molecule has 0 aromatic heterocycles. The number of hydrogen-bond donors (Lipinski definition) is 0. The Labute approximate surface area is 113 Å². The first-order valence-electron chi connectivity index (χ1n) is 6.42. The van der Waals surface area contributed by atoms with Crippen LogP contribution in [0.4, 0.5) is 0 Å². The van der Waals surface area contributed by atoms with Crippen molar-refractivity contribution in [2.75, 3.05) is 5.75 Å². The molecule has 0 fully saturated rings. The van der Waals surface area contributed by atoms with Crippen LogP contribution in [0.5, 0.6) is 0 Å². The third-order valence-corrected chi connectivity index (χ3v) is 4.69. The van der Waals surface area contributed by atoms with Gasteiger partial charge >= 0.3 is 5.97 Å². The molecule has 19 heavy (non-hydrogen) atoms. The maximum atomic E-state index is 12.1. The Morgan fingerprint density at radius 1 is 1.26 bits per heavy atom. The summed E-state index contributed by atoms with van der Waals surface area (Å²) in [6, 6.07) is 5.13. The summed E-state index contributed by atoms with van der Waals surface area (Å²) in [6.45, 7) is 3.39. The fourth-order valence-electron chi connectivity index (χ4n) is 2.28. The van der Waals surface area contributed by atoms with Crippen molar-refractivity contribution in [2.45, 2.75) is 44.1 Å². The van der Waals surface area contributed by atoms with Gasteiger partial charge in [0, 0.05) is 0 Å². The number of hydrogen-bond acceptors (Lipinski definition) is 4. The van der Waals surface area contributed by atoms with E-state index in [4.69, 9.17) is 4.74 Å². The van der Waals surface area contributed by atoms with Gasteiger partial charge < -0.3 is 4.74 Å². The molecule has 1 aromatic rings. The molecule has 104 valence electrons. The number of benzene rings is 1. The van der Waals surface area contributed by atoms with E-state index in [0.29, 0.717) is 0 Å². The molecular formula is C14H18O4S. The summed E-state index contributed by atoms with van der Waals surface area (Å²) < 4.78 is 29.1. The van der Waals surface area contributed by atoms with Gasteiger partial charge in [0.05, 0.1) is 11.0 Å². The molecule has 0 saturated carbocycles. The monoisotopic (exact) mass is 282 g/mol. The van der Waals surface area contributed by atoms with Crippen molar-refractivity contribution >= 4 is 15.8 Å². The zero-order chi connectivity index (χ0) is 14.0. The first-order valence-corrected chi connectivity index (χ1v) is 8.08. The van der Waals surface area contributed by atoms with Crippen LogP contribution >= 0.6 is 0 Å². The number of carbonyl (C=O) groups is 1. The lowest BCUT2D eigenvalue weighted by Crippen LogP contribution is -2.21. The van der Waals surface area contributed by atoms with Crippen LogP contribution in [0.25, 0.3) is 0 Å². The first kappa shape index (κ1) is 14.1. The lowest BCUT2D eigenvalue weighted by Gasteiger charge is -2.09. The van der Waals surface area contributed by atoms with Crippen molar-refractivity contribution in [3.05, 3.63) is 29.3 Å². The Morgan fingerprint density at radius 2 is 1.95 bits per heavy atom. The zero-order valence-electron chi connectivity index (χ0n) is 11.2. The second-order valence-electron chi connectivity index (χ2n) is 5.08. The molecule has 0 unspecified atom stereocenters. The molecule has 0 bridgehead atoms. The van der Waals surface area contributed by atoms with E-state index in [9.17, 15) is 13.2 Å². The smallest absolute Gasteiger partial charge is 0.321 e. The summed E-state index contributed by atoms with van der Waals surface area (Å²) in [5, 5.41) is 0. The Kier molecular flexibility index (Phi) is 3.94. The van der Waals surface area contributed by atoms with Crippen molar-refractivity contribution in [1.82, 2.24) is 0 Å². The molecule has 0 amide bonds. The quantitative estimate of drug-likeness (QED) is 0.791. The van der Waals surface area contributed by atoms with Crippen LogP contribution in [0, 0.1) is 0 Å². The highest BCUT2D eigenvalue weighted by Gasteiger charge is 2.23. The van der Waals surface area contributed by atoms with Crippen molar-refractivity contribution in [3.8, 4) is 0 Å². The van der Waals surface area contributed by atoms with Gasteiger partial charge in [-0.1, -0.05) is 6.07 Å². The predicted octanol–water partition coefficient (Wildman–Crippen LogP) is 1.90. The fourth-order valence-corrected chi connectivity index (χ4v) is 3.42. The molecule has 4 nitrogen and oxygen atoms in total. The number of ether oxygens (including phenoxy) is 1. The molecule has 0 spiro atoms. The van der Waals surface area contributed by atoms with E-state index >= 15 is 0 Å². The van der Waals surface area contributed by atoms with Crippen LogP contribution in [0.15, 0.2) is 23.1 Å². The van der Waals surface area contributed by atoms with Crippen molar-refractivity contribution in [3.63, 3.8) is 0 Å². The van der Waals surface area contributed by atoms with Crippen LogP contribution < -0.4 is 0 Å². The van der Waals surface area contributed by atoms with Crippen molar-refractivity contribution in [2.24, 2.45) is 0 Å². The van der Waals surface area contributed by atoms with Crippen molar-refractivity contribution in [1.29, 1.82) is 0 Å². The van der Waals surface area contributed by atoms with E-state index < -0.39 is 21.6 Å². The molecular weight excluding hydrogens is 264 g/mol. The lowest BCUT2D eigenvalue weighted by atomic mass is 10.1. The van der Waals surface area contributed by atoms with E-state index in [1.807, 2.05) is 6.07 Å². The topological polar surface area (TPSA) is 60.4 Å². The van der Waals surface area contributed by atoms with Gasteiger partial charge in [0.15, 0.2) is 15.6 Å². The van der Waals surface area contributed by atoms with Gasteiger partial charge in [0.2, 0.25) is 0 Å². The maximum Gasteiger partial charge on any atom is 0.321 e. The first-order chi connectivity index (χ1) is 8.88. The minimum atomic E-state index is -3.60. The molecule has 1 aliphatic rings. The van der Waals surface area contributed by atoms with Gasteiger partial charge in [-0.25, -0.2) is 8.42 Å². The summed E-state index contributed by atoms with van der Waals surface area (Å²) in [5.41, 5.74) is 2.29. The van der Waals surface area contributed by atoms with Gasteiger partial charge in [-0.05, 0) is 56.4 Å². The number of rotatable bonds is 4. The van der Waals surface area contributed by atoms with Crippen LogP contribution in [-0.4, -0.2) is 26.2 Å². The SMILES string of the molecule is CC(C)OC(=O)CS(=O)(=O)c1ccc2c(c1)CCC2. The second-order valence-corrected chi connectivity index (χ2v) is 7.07. The Balaban J connectivity index is 2.18. The molecule has 1 aliphatic carbocycles. The fraction of sp³-hybridized carbons (Fsp3) is 0.500. The average molecular weight is 282 g/mol. The molecule has 0 aliphatic heterocycles. The molecule has 0 heterocycles. The highest BCUT2D eigenvalue weighted by atomic mass is 32.2. The Hall–Kier alpha value is -1.36. The van der Waals surface area contributed by atoms with E-state index in [-0.39, 0.29) is 11.0 Å². The van der Waals surface area contributed by atoms with E-state index in [1.54, 1.807) is 26.0 Å². The molecule has 1 aromatic carbocycles. The highest BCUT2D eigenvalue weighted by Crippen LogP contribution is 2.25. The normalized spacial score (nSPS) is 14.5. The summed E-state index contributed by atoms with van der Waals surface area (Å²) in [7, 11) is -3.60. The minimum Gasteiger partial charge on any atom is -0.462 e. The average Bonchev–Trinajstić information content (AvgIpc) is 2.73. The van der Waals surface area contributed by atoms with Gasteiger partial charge in [-0.15, -0.1) is 0 Å². The maximum absolute atomic E-state index is 12.1. The van der Waals surface area contributed by atoms with Gasteiger partial charge in [0.25, 0.3) is 0 Å². The van der Waals surface area contributed by atoms with Crippen LogP contribution in [0.3, 0.4) is 0 Å². The third kappa shape index (κ3) is 3.35. The zero-order valence-corrected chi connectivity index (χ0v) is 12.0. The highest BCUT2D eigenvalue weighted by molar-refractivity contribution is 7.92. The Bertz CT molecular complexity index is 587. The summed E-state index contributed by atoms with van der Waals surface area (Å²) in [5.74, 6) is -1.29. The number of carbonyl (C=O) groups excluding carboxylic acids is 1. The van der Waals surface area contributed by atoms with Crippen LogP contribution in [-0.2, 0) is 32.2 Å². The summed E-state index contributed by atoms with van der Waals surface area (Å²) >= 11 is 0. The van der Waals surface area contributed by atoms with E-state index in [1.165, 1.54) is 5.56 Å². The molecule has 5 heteroatoms. The molecule has 2 rings (SSSR count). The minimum absolute atomic E-state index is 0.217. The molecule has 0 saturated heterocycles. The number of esters is 1. The van der Waals surface area contributed by atoms with Crippen molar-refractivity contribution < 1.29 is 17.9 Å². The molecule has 0 N–H and O–H groups in total. The van der Waals surface area contributed by atoms with Crippen LogP contribution in [0.1, 0.15) is 31.4 Å². The number of fused-ring (bicyclic) bond motifs is 1. The Morgan fingerprint density at radius 3 is 2.63 bits per heavy atom. The van der Waals surface area contributed by atoms with Gasteiger partial charge in [-0.3, -0.25) is 4.79 Å². The number of aryl methyl sites for hydroxylation is 2. The lowest BCUT2D eigenvalue weighted by molar-refractivity contribution is -0.144. The molecule has 0 radical (unpaired) electrons. The summed E-state index contributed by atoms with van der Waals surface area (Å²) in [4.78, 5) is 11.7. The van der Waals surface area contributed by atoms with E-state index in [0.717, 1.165) is 24.8 Å². The number of sulfone groups is 1. The van der Waals surface area contributed by atoms with Crippen LogP contribution in [0.2, 0.25) is 0 Å². The second kappa shape index (κ2) is 5.33. The molecule has 0 atom stereocenters. The van der Waals surface area contributed by atoms with Gasteiger partial charge in [-0.2, -0.15) is 0 Å². The predicted molar refractivity (Wildman–Crippen MR) is 71.7 cm³/mol. The standard InChI is InChI=1S/C14H18O4S/c1-10(2)18-14(15)9-19(16,17)13-7-6-11-4-3-5-12(11)8-13/h6-8,10H,3-5,9H2,1-2H3.